The van der Waals surface area contributed by atoms with Crippen LogP contribution < -0.4 is 19.9 Å². The molecule has 0 bridgehead atoms. The van der Waals surface area contributed by atoms with Crippen molar-refractivity contribution in [3.05, 3.63) is 17.9 Å². The van der Waals surface area contributed by atoms with Crippen molar-refractivity contribution in [2.45, 2.75) is 0 Å². The topological polar surface area (TPSA) is 82.4 Å². The standard InChI is InChI=1S/C12H12FN3O3/c1-17-11-6(13)4-8-12(19-3-2-18-8)10(11)7-5-9(14)16-15-7/h4-5H,2-3H2,1H3,(H3,14,15,16). The van der Waals surface area contributed by atoms with Crippen LogP contribution in [0.3, 0.4) is 0 Å². The summed E-state index contributed by atoms with van der Waals surface area (Å²) < 4.78 is 30.1. The van der Waals surface area contributed by atoms with Crippen molar-refractivity contribution in [1.82, 2.24) is 10.2 Å². The minimum Gasteiger partial charge on any atom is -0.493 e. The Hall–Kier alpha value is -2.44. The van der Waals surface area contributed by atoms with E-state index < -0.39 is 5.82 Å². The van der Waals surface area contributed by atoms with Crippen molar-refractivity contribution in [3.8, 4) is 28.5 Å². The van der Waals surface area contributed by atoms with E-state index in [1.165, 1.54) is 13.2 Å². The van der Waals surface area contributed by atoms with Crippen molar-refractivity contribution in [2.24, 2.45) is 0 Å². The lowest BCUT2D eigenvalue weighted by Crippen LogP contribution is -2.16. The number of halogens is 1. The minimum absolute atomic E-state index is 0.0629. The number of nitrogens with one attached hydrogen (secondary N) is 1. The number of rotatable bonds is 2. The Labute approximate surface area is 108 Å². The quantitative estimate of drug-likeness (QED) is 0.861. The molecule has 3 N–H and O–H groups in total. The first-order valence-corrected chi connectivity index (χ1v) is 5.68. The molecule has 0 atom stereocenters. The zero-order chi connectivity index (χ0) is 13.4. The number of nitrogens with zero attached hydrogens (tertiary/aromatic N) is 1. The summed E-state index contributed by atoms with van der Waals surface area (Å²) >= 11 is 0. The van der Waals surface area contributed by atoms with Crippen LogP contribution >= 0.6 is 0 Å². The number of hydrogen-bond acceptors (Lipinski definition) is 5. The molecule has 1 aromatic carbocycles. The average Bonchev–Trinajstić information content (AvgIpc) is 2.83. The highest BCUT2D eigenvalue weighted by molar-refractivity contribution is 5.79. The largest absolute Gasteiger partial charge is 0.493 e. The number of nitrogens with two attached hydrogens (primary N) is 1. The molecule has 100 valence electrons. The third kappa shape index (κ3) is 1.83. The fourth-order valence-electron chi connectivity index (χ4n) is 2.05. The highest BCUT2D eigenvalue weighted by Gasteiger charge is 2.26. The molecule has 1 aliphatic heterocycles. The number of aromatic amines is 1. The Morgan fingerprint density at radius 1 is 1.37 bits per heavy atom. The van der Waals surface area contributed by atoms with Crippen LogP contribution in [0.15, 0.2) is 12.1 Å². The monoisotopic (exact) mass is 265 g/mol. The van der Waals surface area contributed by atoms with Crippen LogP contribution in [0.5, 0.6) is 17.2 Å². The zero-order valence-electron chi connectivity index (χ0n) is 10.2. The van der Waals surface area contributed by atoms with Crippen LogP contribution in [0, 0.1) is 5.82 Å². The smallest absolute Gasteiger partial charge is 0.174 e. The molecule has 2 heterocycles. The van der Waals surface area contributed by atoms with Gasteiger partial charge in [0.15, 0.2) is 23.1 Å². The Morgan fingerprint density at radius 2 is 2.16 bits per heavy atom. The van der Waals surface area contributed by atoms with Crippen LogP contribution in [-0.2, 0) is 0 Å². The fraction of sp³-hybridized carbons (Fsp3) is 0.250. The van der Waals surface area contributed by atoms with Gasteiger partial charge in [-0.2, -0.15) is 5.10 Å². The normalized spacial score (nSPS) is 13.4. The number of H-pyrrole nitrogens is 1. The molecule has 0 fully saturated rings. The maximum absolute atomic E-state index is 14.0. The summed E-state index contributed by atoms with van der Waals surface area (Å²) in [5.74, 6) is 0.593. The van der Waals surface area contributed by atoms with Gasteiger partial charge in [-0.15, -0.1) is 0 Å². The number of hydrogen-bond donors (Lipinski definition) is 2. The molecule has 0 spiro atoms. The third-order valence-corrected chi connectivity index (χ3v) is 2.81. The van der Waals surface area contributed by atoms with Gasteiger partial charge in [0.1, 0.15) is 19.0 Å². The molecule has 6 nitrogen and oxygen atoms in total. The molecule has 1 aromatic heterocycles. The van der Waals surface area contributed by atoms with Gasteiger partial charge in [0, 0.05) is 12.1 Å². The van der Waals surface area contributed by atoms with Crippen LogP contribution in [0.4, 0.5) is 10.2 Å². The molecule has 0 saturated carbocycles. The molecule has 0 unspecified atom stereocenters. The second-order valence-corrected chi connectivity index (χ2v) is 4.00. The van der Waals surface area contributed by atoms with Gasteiger partial charge in [0.05, 0.1) is 18.4 Å². The molecule has 0 saturated heterocycles. The van der Waals surface area contributed by atoms with E-state index in [2.05, 4.69) is 10.2 Å². The lowest BCUT2D eigenvalue weighted by molar-refractivity contribution is 0.170. The number of methoxy groups -OCH3 is 1. The molecule has 3 rings (SSSR count). The number of ether oxygens (including phenoxy) is 3. The van der Waals surface area contributed by atoms with E-state index >= 15 is 0 Å². The summed E-state index contributed by atoms with van der Waals surface area (Å²) in [6, 6.07) is 2.83. The SMILES string of the molecule is COc1c(F)cc2c(c1-c1cc(N)n[nH]1)OCCO2. The second-order valence-electron chi connectivity index (χ2n) is 4.00. The predicted molar refractivity (Wildman–Crippen MR) is 65.9 cm³/mol. The summed E-state index contributed by atoms with van der Waals surface area (Å²) in [6.45, 7) is 0.766. The van der Waals surface area contributed by atoms with Gasteiger partial charge in [-0.25, -0.2) is 4.39 Å². The summed E-state index contributed by atoms with van der Waals surface area (Å²) in [5, 5.41) is 6.54. The van der Waals surface area contributed by atoms with Gasteiger partial charge in [0.25, 0.3) is 0 Å². The number of fused-ring (bicyclic) bond motifs is 1. The molecule has 2 aromatic rings. The van der Waals surface area contributed by atoms with Crippen molar-refractivity contribution >= 4 is 5.82 Å². The number of aromatic nitrogens is 2. The van der Waals surface area contributed by atoms with E-state index in [9.17, 15) is 4.39 Å². The van der Waals surface area contributed by atoms with E-state index in [-0.39, 0.29) is 5.75 Å². The number of benzene rings is 1. The van der Waals surface area contributed by atoms with Crippen LogP contribution in [-0.4, -0.2) is 30.5 Å². The Bertz CT molecular complexity index is 627. The zero-order valence-corrected chi connectivity index (χ0v) is 10.2. The van der Waals surface area contributed by atoms with Gasteiger partial charge in [-0.1, -0.05) is 0 Å². The summed E-state index contributed by atoms with van der Waals surface area (Å²) in [7, 11) is 1.39. The molecule has 1 aliphatic rings. The molecular formula is C12H12FN3O3. The van der Waals surface area contributed by atoms with Crippen molar-refractivity contribution in [3.63, 3.8) is 0 Å². The molecular weight excluding hydrogens is 253 g/mol. The van der Waals surface area contributed by atoms with E-state index in [1.54, 1.807) is 6.07 Å². The van der Waals surface area contributed by atoms with E-state index in [0.717, 1.165) is 0 Å². The maximum Gasteiger partial charge on any atom is 0.174 e. The fourth-order valence-corrected chi connectivity index (χ4v) is 2.05. The lowest BCUT2D eigenvalue weighted by Gasteiger charge is -2.22. The second kappa shape index (κ2) is 4.34. The van der Waals surface area contributed by atoms with Crippen LogP contribution in [0.25, 0.3) is 11.3 Å². The van der Waals surface area contributed by atoms with Gasteiger partial charge in [-0.05, 0) is 0 Å². The molecule has 0 aliphatic carbocycles. The maximum atomic E-state index is 14.0. The van der Waals surface area contributed by atoms with Crippen LogP contribution in [0.1, 0.15) is 0 Å². The first-order chi connectivity index (χ1) is 9.20. The molecule has 0 amide bonds. The first kappa shape index (κ1) is 11.6. The van der Waals surface area contributed by atoms with E-state index in [4.69, 9.17) is 19.9 Å². The molecule has 7 heteroatoms. The van der Waals surface area contributed by atoms with Crippen molar-refractivity contribution < 1.29 is 18.6 Å². The van der Waals surface area contributed by atoms with Crippen molar-refractivity contribution in [1.29, 1.82) is 0 Å². The summed E-state index contributed by atoms with van der Waals surface area (Å²) in [4.78, 5) is 0. The van der Waals surface area contributed by atoms with E-state index in [0.29, 0.717) is 41.8 Å². The predicted octanol–water partition coefficient (Wildman–Crippen LogP) is 1.58. The lowest BCUT2D eigenvalue weighted by atomic mass is 10.1. The van der Waals surface area contributed by atoms with E-state index in [1.807, 2.05) is 0 Å². The average molecular weight is 265 g/mol. The minimum atomic E-state index is -0.532. The Balaban J connectivity index is 2.27. The van der Waals surface area contributed by atoms with Gasteiger partial charge in [0.2, 0.25) is 0 Å². The van der Waals surface area contributed by atoms with Gasteiger partial charge in [-0.3, -0.25) is 5.10 Å². The van der Waals surface area contributed by atoms with Crippen LogP contribution in [0.2, 0.25) is 0 Å². The Morgan fingerprint density at radius 3 is 2.84 bits per heavy atom. The van der Waals surface area contributed by atoms with Crippen molar-refractivity contribution in [2.75, 3.05) is 26.1 Å². The first-order valence-electron chi connectivity index (χ1n) is 5.68. The molecule has 19 heavy (non-hydrogen) atoms. The highest BCUT2D eigenvalue weighted by Crippen LogP contribution is 2.46. The summed E-state index contributed by atoms with van der Waals surface area (Å²) in [6.07, 6.45) is 0. The number of anilines is 1. The third-order valence-electron chi connectivity index (χ3n) is 2.81. The van der Waals surface area contributed by atoms with Gasteiger partial charge < -0.3 is 19.9 Å². The Kier molecular flexibility index (Phi) is 2.66. The van der Waals surface area contributed by atoms with Gasteiger partial charge >= 0.3 is 0 Å². The number of nitrogen functional groups attached to an aromatic ring is 1. The summed E-state index contributed by atoms with van der Waals surface area (Å²) in [5.41, 5.74) is 6.50. The molecule has 0 radical (unpaired) electrons. The highest BCUT2D eigenvalue weighted by atomic mass is 19.1.